The van der Waals surface area contributed by atoms with Gasteiger partial charge < -0.3 is 14.2 Å². The lowest BCUT2D eigenvalue weighted by molar-refractivity contribution is -0.145. The second-order valence-corrected chi connectivity index (χ2v) is 7.25. The van der Waals surface area contributed by atoms with E-state index in [1.165, 1.54) is 17.5 Å². The van der Waals surface area contributed by atoms with Crippen molar-refractivity contribution in [1.82, 2.24) is 0 Å². The van der Waals surface area contributed by atoms with Crippen molar-refractivity contribution in [3.05, 3.63) is 29.3 Å². The molecule has 2 aliphatic carbocycles. The number of carbonyl (C=O) groups is 1. The van der Waals surface area contributed by atoms with E-state index < -0.39 is 0 Å². The van der Waals surface area contributed by atoms with Crippen molar-refractivity contribution in [2.24, 2.45) is 5.92 Å². The largest absolute Gasteiger partial charge is 0.466 e. The van der Waals surface area contributed by atoms with Gasteiger partial charge in [-0.25, -0.2) is 0 Å². The van der Waals surface area contributed by atoms with Gasteiger partial charge >= 0.3 is 5.97 Å². The predicted octanol–water partition coefficient (Wildman–Crippen LogP) is 3.75. The minimum atomic E-state index is -0.109. The number of fused-ring (bicyclic) bond motifs is 2. The molecule has 1 heterocycles. The molecule has 3 unspecified atom stereocenters. The average Bonchev–Trinajstić information content (AvgIpc) is 3.31. The Hall–Kier alpha value is -1.55. The van der Waals surface area contributed by atoms with Gasteiger partial charge in [-0.3, -0.25) is 4.79 Å². The molecule has 4 nitrogen and oxygen atoms in total. The Bertz CT molecular complexity index is 620. The maximum Gasteiger partial charge on any atom is 0.309 e. The van der Waals surface area contributed by atoms with Gasteiger partial charge in [-0.05, 0) is 68.7 Å². The summed E-state index contributed by atoms with van der Waals surface area (Å²) in [5.41, 5.74) is 2.70. The van der Waals surface area contributed by atoms with E-state index in [1.54, 1.807) is 0 Å². The van der Waals surface area contributed by atoms with Crippen molar-refractivity contribution in [2.75, 3.05) is 13.2 Å². The fraction of sp³-hybridized carbons (Fsp3) is 0.650. The number of aryl methyl sites for hydroxylation is 1. The van der Waals surface area contributed by atoms with Crippen LogP contribution in [0.5, 0.6) is 5.75 Å². The molecular weight excluding hydrogens is 304 g/mol. The third kappa shape index (κ3) is 2.81. The van der Waals surface area contributed by atoms with Crippen molar-refractivity contribution < 1.29 is 19.0 Å². The fourth-order valence-electron chi connectivity index (χ4n) is 4.45. The van der Waals surface area contributed by atoms with Crippen molar-refractivity contribution in [1.29, 1.82) is 0 Å². The van der Waals surface area contributed by atoms with Crippen molar-refractivity contribution in [3.63, 3.8) is 0 Å². The summed E-state index contributed by atoms with van der Waals surface area (Å²) in [5, 5.41) is 0. The summed E-state index contributed by atoms with van der Waals surface area (Å²) >= 11 is 0. The van der Waals surface area contributed by atoms with Crippen LogP contribution in [0.25, 0.3) is 0 Å². The standard InChI is InChI=1S/C20H26O4/c1-2-22-19(21)17-13-20(17)10-5-6-14-12-15(8-9-16(14)20)24-18-7-3-4-11-23-18/h8-9,12,17-18H,2-7,10-11,13H2,1H3. The Morgan fingerprint density at radius 1 is 1.33 bits per heavy atom. The highest BCUT2D eigenvalue weighted by molar-refractivity contribution is 5.79. The summed E-state index contributed by atoms with van der Waals surface area (Å²) in [6.45, 7) is 3.13. The van der Waals surface area contributed by atoms with E-state index in [1.807, 2.05) is 13.0 Å². The number of hydrogen-bond acceptors (Lipinski definition) is 4. The third-order valence-electron chi connectivity index (χ3n) is 5.73. The van der Waals surface area contributed by atoms with E-state index in [0.717, 1.165) is 50.9 Å². The molecular formula is C20H26O4. The van der Waals surface area contributed by atoms with Crippen molar-refractivity contribution in [2.45, 2.75) is 63.6 Å². The van der Waals surface area contributed by atoms with E-state index in [2.05, 4.69) is 12.1 Å². The first-order valence-electron chi connectivity index (χ1n) is 9.31. The van der Waals surface area contributed by atoms with E-state index in [4.69, 9.17) is 14.2 Å². The van der Waals surface area contributed by atoms with Gasteiger partial charge in [0.15, 0.2) is 6.29 Å². The quantitative estimate of drug-likeness (QED) is 0.789. The number of esters is 1. The lowest BCUT2D eigenvalue weighted by Crippen LogP contribution is -2.25. The van der Waals surface area contributed by atoms with Gasteiger partial charge in [0.2, 0.25) is 0 Å². The molecule has 4 heteroatoms. The molecule has 0 N–H and O–H groups in total. The van der Waals surface area contributed by atoms with Crippen LogP contribution in [0.1, 0.15) is 56.6 Å². The first kappa shape index (κ1) is 15.9. The van der Waals surface area contributed by atoms with Gasteiger partial charge in [-0.15, -0.1) is 0 Å². The average molecular weight is 330 g/mol. The Kier molecular flexibility index (Phi) is 4.25. The summed E-state index contributed by atoms with van der Waals surface area (Å²) in [5.74, 6) is 0.914. The normalized spacial score (nSPS) is 31.4. The zero-order valence-electron chi connectivity index (χ0n) is 14.4. The second-order valence-electron chi connectivity index (χ2n) is 7.25. The minimum absolute atomic E-state index is 0.0266. The Morgan fingerprint density at radius 3 is 3.04 bits per heavy atom. The van der Waals surface area contributed by atoms with Crippen LogP contribution in [0.15, 0.2) is 18.2 Å². The fourth-order valence-corrected chi connectivity index (χ4v) is 4.45. The maximum absolute atomic E-state index is 12.2. The SMILES string of the molecule is CCOC(=O)C1CC12CCCc1cc(OC3CCCCO3)ccc12. The molecule has 3 aliphatic rings. The highest BCUT2D eigenvalue weighted by Gasteiger charge is 2.61. The van der Waals surface area contributed by atoms with Crippen LogP contribution in [-0.2, 0) is 26.1 Å². The van der Waals surface area contributed by atoms with Crippen LogP contribution in [0, 0.1) is 5.92 Å². The van der Waals surface area contributed by atoms with Crippen LogP contribution in [0.2, 0.25) is 0 Å². The smallest absolute Gasteiger partial charge is 0.309 e. The minimum Gasteiger partial charge on any atom is -0.466 e. The lowest BCUT2D eigenvalue weighted by Gasteiger charge is -2.28. The summed E-state index contributed by atoms with van der Waals surface area (Å²) in [6, 6.07) is 6.38. The Labute approximate surface area is 143 Å². The second kappa shape index (κ2) is 6.40. The molecule has 0 bridgehead atoms. The van der Waals surface area contributed by atoms with Gasteiger partial charge in [0.25, 0.3) is 0 Å². The zero-order valence-corrected chi connectivity index (χ0v) is 14.4. The van der Waals surface area contributed by atoms with Crippen LogP contribution in [0.4, 0.5) is 0 Å². The molecule has 1 aliphatic heterocycles. The number of hydrogen-bond donors (Lipinski definition) is 0. The van der Waals surface area contributed by atoms with Gasteiger partial charge in [0, 0.05) is 11.8 Å². The molecule has 0 amide bonds. The molecule has 0 aromatic heterocycles. The Balaban J connectivity index is 1.51. The van der Waals surface area contributed by atoms with Crippen LogP contribution >= 0.6 is 0 Å². The highest BCUT2D eigenvalue weighted by Crippen LogP contribution is 2.61. The first-order chi connectivity index (χ1) is 11.7. The number of ether oxygens (including phenoxy) is 3. The van der Waals surface area contributed by atoms with E-state index in [-0.39, 0.29) is 23.6 Å². The van der Waals surface area contributed by atoms with Crippen LogP contribution < -0.4 is 4.74 Å². The van der Waals surface area contributed by atoms with Gasteiger partial charge in [-0.2, -0.15) is 0 Å². The van der Waals surface area contributed by atoms with Gasteiger partial charge in [-0.1, -0.05) is 6.07 Å². The molecule has 1 saturated heterocycles. The molecule has 24 heavy (non-hydrogen) atoms. The van der Waals surface area contributed by atoms with E-state index in [0.29, 0.717) is 6.61 Å². The zero-order chi connectivity index (χ0) is 16.6. The van der Waals surface area contributed by atoms with Crippen molar-refractivity contribution in [3.8, 4) is 5.75 Å². The number of carbonyl (C=O) groups excluding carboxylic acids is 1. The summed E-state index contributed by atoms with van der Waals surface area (Å²) < 4.78 is 16.9. The molecule has 0 radical (unpaired) electrons. The van der Waals surface area contributed by atoms with E-state index >= 15 is 0 Å². The monoisotopic (exact) mass is 330 g/mol. The van der Waals surface area contributed by atoms with Crippen LogP contribution in [0.3, 0.4) is 0 Å². The molecule has 1 aromatic carbocycles. The molecule has 1 saturated carbocycles. The molecule has 1 spiro atoms. The molecule has 1 aromatic rings. The molecule has 4 rings (SSSR count). The van der Waals surface area contributed by atoms with Gasteiger partial charge in [0.1, 0.15) is 5.75 Å². The lowest BCUT2D eigenvalue weighted by atomic mass is 9.78. The number of rotatable bonds is 4. The van der Waals surface area contributed by atoms with Crippen LogP contribution in [-0.4, -0.2) is 25.5 Å². The van der Waals surface area contributed by atoms with Gasteiger partial charge in [0.05, 0.1) is 19.1 Å². The molecule has 2 fully saturated rings. The summed E-state index contributed by atoms with van der Waals surface area (Å²) in [4.78, 5) is 12.2. The topological polar surface area (TPSA) is 44.8 Å². The summed E-state index contributed by atoms with van der Waals surface area (Å²) in [7, 11) is 0. The van der Waals surface area contributed by atoms with E-state index in [9.17, 15) is 4.79 Å². The van der Waals surface area contributed by atoms with Crippen molar-refractivity contribution >= 4 is 5.97 Å². The predicted molar refractivity (Wildman–Crippen MR) is 90.0 cm³/mol. The third-order valence-corrected chi connectivity index (χ3v) is 5.73. The Morgan fingerprint density at radius 2 is 2.25 bits per heavy atom. The summed E-state index contributed by atoms with van der Waals surface area (Å²) in [6.07, 6.45) is 7.37. The molecule has 3 atom stereocenters. The maximum atomic E-state index is 12.2. The first-order valence-corrected chi connectivity index (χ1v) is 9.31. The highest BCUT2D eigenvalue weighted by atomic mass is 16.7. The number of benzene rings is 1. The molecule has 130 valence electrons.